The molecule has 1 aromatic rings. The molecule has 1 heterocycles. The molecule has 0 aliphatic heterocycles. The molecule has 0 aliphatic rings. The first kappa shape index (κ1) is 12.0. The molecule has 0 aromatic carbocycles. The van der Waals surface area contributed by atoms with E-state index in [1.165, 1.54) is 0 Å². The summed E-state index contributed by atoms with van der Waals surface area (Å²) in [5.74, 6) is 0. The van der Waals surface area contributed by atoms with Crippen LogP contribution in [0.5, 0.6) is 0 Å². The van der Waals surface area contributed by atoms with Gasteiger partial charge in [-0.2, -0.15) is 0 Å². The van der Waals surface area contributed by atoms with Gasteiger partial charge in [0.15, 0.2) is 0 Å². The van der Waals surface area contributed by atoms with Gasteiger partial charge in [0.25, 0.3) is 6.43 Å². The molecule has 0 aliphatic carbocycles. The van der Waals surface area contributed by atoms with Gasteiger partial charge >= 0.3 is 0 Å². The molecule has 3 nitrogen and oxygen atoms in total. The second-order valence-electron chi connectivity index (χ2n) is 2.96. The summed E-state index contributed by atoms with van der Waals surface area (Å²) in [6.45, 7) is 0.963. The first-order valence-corrected chi connectivity index (χ1v) is 4.75. The predicted octanol–water partition coefficient (Wildman–Crippen LogP) is 1.45. The van der Waals surface area contributed by atoms with Crippen LogP contribution in [0, 0.1) is 0 Å². The molecule has 5 heteroatoms. The zero-order chi connectivity index (χ0) is 10.9. The summed E-state index contributed by atoms with van der Waals surface area (Å²) in [6, 6.07) is 5.64. The fraction of sp³-hybridized carbons (Fsp3) is 0.500. The van der Waals surface area contributed by atoms with Crippen molar-refractivity contribution in [2.75, 3.05) is 19.8 Å². The average molecular weight is 216 g/mol. The molecule has 0 radical (unpaired) electrons. The maximum atomic E-state index is 11.7. The SMILES string of the molecule is FC(F)COCCNCc1ccccn1. The molecule has 15 heavy (non-hydrogen) atoms. The molecule has 0 fully saturated rings. The third kappa shape index (κ3) is 6.09. The first-order valence-electron chi connectivity index (χ1n) is 4.75. The van der Waals surface area contributed by atoms with Gasteiger partial charge in [0.1, 0.15) is 6.61 Å². The quantitative estimate of drug-likeness (QED) is 0.700. The molecule has 84 valence electrons. The van der Waals surface area contributed by atoms with E-state index in [-0.39, 0.29) is 6.61 Å². The number of nitrogens with zero attached hydrogens (tertiary/aromatic N) is 1. The van der Waals surface area contributed by atoms with Gasteiger partial charge in [0.05, 0.1) is 12.3 Å². The Morgan fingerprint density at radius 3 is 2.93 bits per heavy atom. The van der Waals surface area contributed by atoms with E-state index in [4.69, 9.17) is 4.74 Å². The van der Waals surface area contributed by atoms with Gasteiger partial charge in [-0.05, 0) is 12.1 Å². The van der Waals surface area contributed by atoms with Crippen LogP contribution in [0.15, 0.2) is 24.4 Å². The lowest BCUT2D eigenvalue weighted by Crippen LogP contribution is -2.21. The molecule has 0 saturated heterocycles. The molecular formula is C10H14F2N2O. The van der Waals surface area contributed by atoms with Crippen LogP contribution in [0.3, 0.4) is 0 Å². The highest BCUT2D eigenvalue weighted by atomic mass is 19.3. The molecular weight excluding hydrogens is 202 g/mol. The van der Waals surface area contributed by atoms with Crippen molar-refractivity contribution >= 4 is 0 Å². The van der Waals surface area contributed by atoms with Crippen LogP contribution in [0.1, 0.15) is 5.69 Å². The van der Waals surface area contributed by atoms with Gasteiger partial charge in [0.2, 0.25) is 0 Å². The van der Waals surface area contributed by atoms with Crippen LogP contribution in [-0.4, -0.2) is 31.2 Å². The van der Waals surface area contributed by atoms with Crippen LogP contribution >= 0.6 is 0 Å². The van der Waals surface area contributed by atoms with Crippen molar-refractivity contribution in [3.05, 3.63) is 30.1 Å². The highest BCUT2D eigenvalue weighted by molar-refractivity contribution is 5.02. The maximum absolute atomic E-state index is 11.7. The van der Waals surface area contributed by atoms with Crippen molar-refractivity contribution in [3.8, 4) is 0 Å². The summed E-state index contributed by atoms with van der Waals surface area (Å²) >= 11 is 0. The number of aromatic nitrogens is 1. The van der Waals surface area contributed by atoms with Crippen molar-refractivity contribution in [2.24, 2.45) is 0 Å². The van der Waals surface area contributed by atoms with E-state index >= 15 is 0 Å². The highest BCUT2D eigenvalue weighted by Gasteiger charge is 2.00. The monoisotopic (exact) mass is 216 g/mol. The van der Waals surface area contributed by atoms with Crippen LogP contribution in [0.25, 0.3) is 0 Å². The van der Waals surface area contributed by atoms with Crippen molar-refractivity contribution in [2.45, 2.75) is 13.0 Å². The van der Waals surface area contributed by atoms with E-state index < -0.39 is 13.0 Å². The lowest BCUT2D eigenvalue weighted by Gasteiger charge is -2.05. The van der Waals surface area contributed by atoms with Gasteiger partial charge in [-0.15, -0.1) is 0 Å². The van der Waals surface area contributed by atoms with Gasteiger partial charge in [-0.1, -0.05) is 6.07 Å². The normalized spacial score (nSPS) is 10.9. The molecule has 1 N–H and O–H groups in total. The fourth-order valence-electron chi connectivity index (χ4n) is 1.04. The summed E-state index contributed by atoms with van der Waals surface area (Å²) in [5, 5.41) is 3.04. The summed E-state index contributed by atoms with van der Waals surface area (Å²) in [4.78, 5) is 4.10. The van der Waals surface area contributed by atoms with E-state index in [0.717, 1.165) is 5.69 Å². The fourth-order valence-corrected chi connectivity index (χ4v) is 1.04. The van der Waals surface area contributed by atoms with Gasteiger partial charge < -0.3 is 10.1 Å². The molecule has 0 unspecified atom stereocenters. The molecule has 0 atom stereocenters. The van der Waals surface area contributed by atoms with Crippen molar-refractivity contribution in [1.29, 1.82) is 0 Å². The molecule has 0 bridgehead atoms. The van der Waals surface area contributed by atoms with Crippen molar-refractivity contribution in [1.82, 2.24) is 10.3 Å². The molecule has 0 spiro atoms. The second kappa shape index (κ2) is 7.25. The van der Waals surface area contributed by atoms with E-state index in [1.54, 1.807) is 6.20 Å². The Balaban J connectivity index is 1.98. The second-order valence-corrected chi connectivity index (χ2v) is 2.96. The van der Waals surface area contributed by atoms with E-state index in [9.17, 15) is 8.78 Å². The Bertz CT molecular complexity index is 257. The zero-order valence-corrected chi connectivity index (χ0v) is 8.33. The van der Waals surface area contributed by atoms with Gasteiger partial charge in [-0.3, -0.25) is 4.98 Å². The summed E-state index contributed by atoms with van der Waals surface area (Å²) in [5.41, 5.74) is 0.923. The van der Waals surface area contributed by atoms with Gasteiger partial charge in [-0.25, -0.2) is 8.78 Å². The average Bonchev–Trinajstić information content (AvgIpc) is 2.24. The Morgan fingerprint density at radius 1 is 1.40 bits per heavy atom. The Labute approximate surface area is 87.5 Å². The maximum Gasteiger partial charge on any atom is 0.261 e. The van der Waals surface area contributed by atoms with Gasteiger partial charge in [0, 0.05) is 19.3 Å². The number of hydrogen-bond acceptors (Lipinski definition) is 3. The molecule has 1 rings (SSSR count). The number of hydrogen-bond donors (Lipinski definition) is 1. The number of rotatable bonds is 7. The van der Waals surface area contributed by atoms with Crippen molar-refractivity contribution < 1.29 is 13.5 Å². The third-order valence-electron chi connectivity index (χ3n) is 1.70. The van der Waals surface area contributed by atoms with Crippen LogP contribution < -0.4 is 5.32 Å². The summed E-state index contributed by atoms with van der Waals surface area (Å²) in [7, 11) is 0. The number of ether oxygens (including phenoxy) is 1. The third-order valence-corrected chi connectivity index (χ3v) is 1.70. The highest BCUT2D eigenvalue weighted by Crippen LogP contribution is 1.93. The van der Waals surface area contributed by atoms with Crippen LogP contribution in [0.4, 0.5) is 8.78 Å². The number of pyridine rings is 1. The van der Waals surface area contributed by atoms with E-state index in [0.29, 0.717) is 13.1 Å². The molecule has 0 amide bonds. The first-order chi connectivity index (χ1) is 7.29. The van der Waals surface area contributed by atoms with Crippen LogP contribution in [0.2, 0.25) is 0 Å². The largest absolute Gasteiger partial charge is 0.374 e. The Kier molecular flexibility index (Phi) is 5.80. The van der Waals surface area contributed by atoms with Crippen molar-refractivity contribution in [3.63, 3.8) is 0 Å². The minimum Gasteiger partial charge on any atom is -0.374 e. The lowest BCUT2D eigenvalue weighted by atomic mass is 10.3. The van der Waals surface area contributed by atoms with E-state index in [2.05, 4.69) is 10.3 Å². The summed E-state index contributed by atoms with van der Waals surface area (Å²) in [6.07, 6.45) is -0.676. The smallest absolute Gasteiger partial charge is 0.261 e. The predicted molar refractivity (Wildman–Crippen MR) is 52.8 cm³/mol. The standard InChI is InChI=1S/C10H14F2N2O/c11-10(12)8-15-6-5-13-7-9-3-1-2-4-14-9/h1-4,10,13H,5-8H2. The summed E-state index contributed by atoms with van der Waals surface area (Å²) < 4.78 is 28.0. The molecule has 1 aromatic heterocycles. The Hall–Kier alpha value is -1.07. The molecule has 0 saturated carbocycles. The minimum absolute atomic E-state index is 0.289. The minimum atomic E-state index is -2.39. The van der Waals surface area contributed by atoms with E-state index in [1.807, 2.05) is 18.2 Å². The zero-order valence-electron chi connectivity index (χ0n) is 8.33. The number of halogens is 2. The topological polar surface area (TPSA) is 34.1 Å². The number of alkyl halides is 2. The number of nitrogens with one attached hydrogen (secondary N) is 1. The Morgan fingerprint density at radius 2 is 2.27 bits per heavy atom. The van der Waals surface area contributed by atoms with Crippen LogP contribution in [-0.2, 0) is 11.3 Å². The lowest BCUT2D eigenvalue weighted by molar-refractivity contribution is 0.0187.